The topological polar surface area (TPSA) is 75.9 Å². The first-order valence-electron chi connectivity index (χ1n) is 7.31. The van der Waals surface area contributed by atoms with Crippen LogP contribution in [0.5, 0.6) is 0 Å². The second-order valence-corrected chi connectivity index (χ2v) is 5.05. The molecule has 3 rings (SSSR count). The molecule has 0 aliphatic heterocycles. The average Bonchev–Trinajstić information content (AvgIpc) is 2.67. The second kappa shape index (κ2) is 7.16. The Hall–Kier alpha value is -3.52. The van der Waals surface area contributed by atoms with Crippen LogP contribution in [0.3, 0.4) is 0 Å². The third-order valence-electron chi connectivity index (χ3n) is 3.43. The molecule has 2 aromatic carbocycles. The minimum atomic E-state index is -0.665. The molecule has 0 aliphatic carbocycles. The second-order valence-electron chi connectivity index (χ2n) is 5.05. The SMILES string of the molecule is N#Cc1cc(C(OC(=O)c2ccccc2)c2ccccc2)cnn1. The fourth-order valence-electron chi connectivity index (χ4n) is 2.29. The first kappa shape index (κ1) is 15.4. The van der Waals surface area contributed by atoms with Crippen LogP contribution in [0, 0.1) is 11.3 Å². The summed E-state index contributed by atoms with van der Waals surface area (Å²) in [5, 5.41) is 16.6. The fraction of sp³-hybridized carbons (Fsp3) is 0.0526. The Balaban J connectivity index is 1.97. The van der Waals surface area contributed by atoms with Crippen LogP contribution >= 0.6 is 0 Å². The monoisotopic (exact) mass is 315 g/mol. The molecule has 1 atom stereocenters. The third kappa shape index (κ3) is 3.45. The lowest BCUT2D eigenvalue weighted by atomic mass is 10.0. The lowest BCUT2D eigenvalue weighted by Crippen LogP contribution is -2.13. The van der Waals surface area contributed by atoms with Gasteiger partial charge in [0.2, 0.25) is 0 Å². The highest BCUT2D eigenvalue weighted by Crippen LogP contribution is 2.26. The Morgan fingerprint density at radius 3 is 2.33 bits per heavy atom. The zero-order chi connectivity index (χ0) is 16.8. The Labute approximate surface area is 139 Å². The summed E-state index contributed by atoms with van der Waals surface area (Å²) in [5.74, 6) is -0.445. The summed E-state index contributed by atoms with van der Waals surface area (Å²) in [6.07, 6.45) is 0.832. The van der Waals surface area contributed by atoms with Gasteiger partial charge in [-0.2, -0.15) is 10.4 Å². The van der Waals surface area contributed by atoms with Gasteiger partial charge in [0.1, 0.15) is 6.07 Å². The molecule has 0 aliphatic rings. The standard InChI is InChI=1S/C19H13N3O2/c20-12-17-11-16(13-21-22-17)18(14-7-3-1-4-8-14)24-19(23)15-9-5-2-6-10-15/h1-11,13,18H. The van der Waals surface area contributed by atoms with Gasteiger partial charge in [-0.3, -0.25) is 0 Å². The van der Waals surface area contributed by atoms with E-state index in [4.69, 9.17) is 10.00 Å². The van der Waals surface area contributed by atoms with E-state index < -0.39 is 12.1 Å². The normalized spacial score (nSPS) is 11.3. The molecule has 0 fully saturated rings. The molecule has 0 saturated carbocycles. The third-order valence-corrected chi connectivity index (χ3v) is 3.43. The summed E-state index contributed by atoms with van der Waals surface area (Å²) in [6, 6.07) is 21.6. The number of aromatic nitrogens is 2. The lowest BCUT2D eigenvalue weighted by molar-refractivity contribution is 0.0377. The number of rotatable bonds is 4. The molecule has 0 spiro atoms. The number of carbonyl (C=O) groups is 1. The number of benzene rings is 2. The predicted octanol–water partition coefficient (Wildman–Crippen LogP) is 3.29. The van der Waals surface area contributed by atoms with Gasteiger partial charge < -0.3 is 4.74 Å². The average molecular weight is 315 g/mol. The highest BCUT2D eigenvalue weighted by Gasteiger charge is 2.21. The molecular weight excluding hydrogens is 302 g/mol. The maximum Gasteiger partial charge on any atom is 0.339 e. The lowest BCUT2D eigenvalue weighted by Gasteiger charge is -2.18. The van der Waals surface area contributed by atoms with Crippen molar-refractivity contribution in [3.63, 3.8) is 0 Å². The number of nitriles is 1. The van der Waals surface area contributed by atoms with Gasteiger partial charge in [0.15, 0.2) is 11.8 Å². The molecule has 0 N–H and O–H groups in total. The van der Waals surface area contributed by atoms with Crippen molar-refractivity contribution < 1.29 is 9.53 Å². The zero-order valence-corrected chi connectivity index (χ0v) is 12.7. The van der Waals surface area contributed by atoms with Gasteiger partial charge in [0, 0.05) is 5.56 Å². The Bertz CT molecular complexity index is 874. The molecule has 5 nitrogen and oxygen atoms in total. The maximum atomic E-state index is 12.4. The summed E-state index contributed by atoms with van der Waals surface area (Å²) >= 11 is 0. The van der Waals surface area contributed by atoms with Gasteiger partial charge in [-0.1, -0.05) is 48.5 Å². The van der Waals surface area contributed by atoms with E-state index in [-0.39, 0.29) is 5.69 Å². The van der Waals surface area contributed by atoms with Gasteiger partial charge >= 0.3 is 5.97 Å². The number of hydrogen-bond acceptors (Lipinski definition) is 5. The van der Waals surface area contributed by atoms with Crippen LogP contribution in [-0.4, -0.2) is 16.2 Å². The van der Waals surface area contributed by atoms with Crippen LogP contribution in [0.15, 0.2) is 72.9 Å². The van der Waals surface area contributed by atoms with Crippen LogP contribution < -0.4 is 0 Å². The van der Waals surface area contributed by atoms with E-state index in [2.05, 4.69) is 10.2 Å². The molecule has 24 heavy (non-hydrogen) atoms. The van der Waals surface area contributed by atoms with Crippen LogP contribution in [0.2, 0.25) is 0 Å². The molecule has 0 radical (unpaired) electrons. The molecule has 0 saturated heterocycles. The van der Waals surface area contributed by atoms with Gasteiger partial charge in [-0.05, 0) is 23.8 Å². The summed E-state index contributed by atoms with van der Waals surface area (Å²) in [7, 11) is 0. The maximum absolute atomic E-state index is 12.4. The predicted molar refractivity (Wildman–Crippen MR) is 86.9 cm³/mol. The molecule has 0 bridgehead atoms. The summed E-state index contributed by atoms with van der Waals surface area (Å²) in [5.41, 5.74) is 2.01. The van der Waals surface area contributed by atoms with Crippen LogP contribution in [0.25, 0.3) is 0 Å². The Morgan fingerprint density at radius 2 is 1.67 bits per heavy atom. The van der Waals surface area contributed by atoms with Crippen molar-refractivity contribution in [2.45, 2.75) is 6.10 Å². The number of esters is 1. The zero-order valence-electron chi connectivity index (χ0n) is 12.7. The molecule has 1 unspecified atom stereocenters. The minimum absolute atomic E-state index is 0.171. The van der Waals surface area contributed by atoms with E-state index in [0.29, 0.717) is 11.1 Å². The van der Waals surface area contributed by atoms with Gasteiger partial charge in [-0.15, -0.1) is 5.10 Å². The number of ether oxygens (including phenoxy) is 1. The smallest absolute Gasteiger partial charge is 0.339 e. The van der Waals surface area contributed by atoms with E-state index in [1.54, 1.807) is 30.3 Å². The Morgan fingerprint density at radius 1 is 1.00 bits per heavy atom. The van der Waals surface area contributed by atoms with Gasteiger partial charge in [-0.25, -0.2) is 4.79 Å². The van der Waals surface area contributed by atoms with Crippen molar-refractivity contribution in [2.75, 3.05) is 0 Å². The van der Waals surface area contributed by atoms with E-state index in [0.717, 1.165) is 5.56 Å². The summed E-state index contributed by atoms with van der Waals surface area (Å²) in [6.45, 7) is 0. The van der Waals surface area contributed by atoms with Crippen LogP contribution in [0.1, 0.15) is 33.3 Å². The highest BCUT2D eigenvalue weighted by atomic mass is 16.5. The molecule has 1 aromatic heterocycles. The number of nitrogens with zero attached hydrogens (tertiary/aromatic N) is 3. The van der Waals surface area contributed by atoms with Gasteiger partial charge in [0.05, 0.1) is 11.8 Å². The van der Waals surface area contributed by atoms with Crippen molar-refractivity contribution >= 4 is 5.97 Å². The van der Waals surface area contributed by atoms with Crippen molar-refractivity contribution in [2.24, 2.45) is 0 Å². The van der Waals surface area contributed by atoms with Crippen LogP contribution in [-0.2, 0) is 4.74 Å². The molecular formula is C19H13N3O2. The van der Waals surface area contributed by atoms with Crippen molar-refractivity contribution in [1.29, 1.82) is 5.26 Å². The number of carbonyl (C=O) groups excluding carboxylic acids is 1. The molecule has 0 amide bonds. The van der Waals surface area contributed by atoms with Crippen LogP contribution in [0.4, 0.5) is 0 Å². The van der Waals surface area contributed by atoms with Crippen molar-refractivity contribution in [1.82, 2.24) is 10.2 Å². The van der Waals surface area contributed by atoms with E-state index >= 15 is 0 Å². The largest absolute Gasteiger partial charge is 0.449 e. The van der Waals surface area contributed by atoms with Crippen molar-refractivity contribution in [3.8, 4) is 6.07 Å². The molecule has 3 aromatic rings. The first-order valence-corrected chi connectivity index (χ1v) is 7.31. The van der Waals surface area contributed by atoms with Gasteiger partial charge in [0.25, 0.3) is 0 Å². The minimum Gasteiger partial charge on any atom is -0.449 e. The van der Waals surface area contributed by atoms with E-state index in [9.17, 15) is 4.79 Å². The molecule has 5 heteroatoms. The quantitative estimate of drug-likeness (QED) is 0.690. The van der Waals surface area contributed by atoms with E-state index in [1.807, 2.05) is 42.5 Å². The van der Waals surface area contributed by atoms with E-state index in [1.165, 1.54) is 6.20 Å². The molecule has 116 valence electrons. The first-order chi connectivity index (χ1) is 11.8. The fourth-order valence-corrected chi connectivity index (χ4v) is 2.29. The summed E-state index contributed by atoms with van der Waals surface area (Å²) in [4.78, 5) is 12.4. The van der Waals surface area contributed by atoms with Crippen molar-refractivity contribution in [3.05, 3.63) is 95.3 Å². The number of hydrogen-bond donors (Lipinski definition) is 0. The molecule has 1 heterocycles. The highest BCUT2D eigenvalue weighted by molar-refractivity contribution is 5.89. The Kier molecular flexibility index (Phi) is 4.59. The summed E-state index contributed by atoms with van der Waals surface area (Å²) < 4.78 is 5.69.